The highest BCUT2D eigenvalue weighted by Gasteiger charge is 2.81. The third-order valence-electron chi connectivity index (χ3n) is 2.56. The highest BCUT2D eigenvalue weighted by molar-refractivity contribution is 5.61. The molecule has 1 fully saturated rings. The van der Waals surface area contributed by atoms with Gasteiger partial charge in [-0.15, -0.1) is 0 Å². The molecule has 0 aliphatic carbocycles. The number of carboxylic acid groups (broad SMARTS) is 2. The Labute approximate surface area is 157 Å². The molecular formula is C12H10F12O6. The summed E-state index contributed by atoms with van der Waals surface area (Å²) in [5.41, 5.74) is 0. The van der Waals surface area contributed by atoms with Gasteiger partial charge in [-0.1, -0.05) is 0 Å². The zero-order valence-corrected chi connectivity index (χ0v) is 13.8. The number of allylic oxidation sites excluding steroid dienone is 1. The molecule has 30 heavy (non-hydrogen) atoms. The minimum Gasteiger partial charge on any atom is -0.450 e. The summed E-state index contributed by atoms with van der Waals surface area (Å²) in [5.74, 6) is -19.4. The van der Waals surface area contributed by atoms with Gasteiger partial charge in [0.15, 0.2) is 0 Å². The van der Waals surface area contributed by atoms with Crippen molar-refractivity contribution in [2.75, 3.05) is 6.61 Å². The molecule has 6 nitrogen and oxygen atoms in total. The van der Waals surface area contributed by atoms with E-state index in [1.807, 2.05) is 0 Å². The third-order valence-corrected chi connectivity index (χ3v) is 2.56. The van der Waals surface area contributed by atoms with Crippen LogP contribution in [0, 0.1) is 0 Å². The Morgan fingerprint density at radius 2 is 1.47 bits per heavy atom. The van der Waals surface area contributed by atoms with Crippen molar-refractivity contribution in [3.63, 3.8) is 0 Å². The van der Waals surface area contributed by atoms with Crippen LogP contribution in [0.2, 0.25) is 0 Å². The van der Waals surface area contributed by atoms with Crippen LogP contribution in [0.4, 0.5) is 62.3 Å². The van der Waals surface area contributed by atoms with Gasteiger partial charge in [-0.25, -0.2) is 22.8 Å². The van der Waals surface area contributed by atoms with Crippen molar-refractivity contribution in [2.24, 2.45) is 0 Å². The van der Waals surface area contributed by atoms with E-state index < -0.39 is 61.8 Å². The largest absolute Gasteiger partial charge is 0.508 e. The number of carbonyl (C=O) groups is 2. The maximum Gasteiger partial charge on any atom is 0.508 e. The molecule has 0 amide bonds. The van der Waals surface area contributed by atoms with Crippen LogP contribution in [0.3, 0.4) is 0 Å². The van der Waals surface area contributed by atoms with E-state index in [0.29, 0.717) is 0 Å². The number of hydrogen-bond donors (Lipinski definition) is 2. The molecule has 0 aromatic carbocycles. The van der Waals surface area contributed by atoms with E-state index in [4.69, 9.17) is 15.0 Å². The minimum atomic E-state index is -6.95. The first-order valence-corrected chi connectivity index (χ1v) is 6.73. The van der Waals surface area contributed by atoms with Crippen LogP contribution in [0.25, 0.3) is 0 Å². The summed E-state index contributed by atoms with van der Waals surface area (Å²) < 4.78 is 152. The lowest BCUT2D eigenvalue weighted by molar-refractivity contribution is -0.398. The number of ether oxygens (including phenoxy) is 2. The smallest absolute Gasteiger partial charge is 0.450 e. The molecular weight excluding hydrogens is 468 g/mol. The van der Waals surface area contributed by atoms with Crippen molar-refractivity contribution in [1.29, 1.82) is 0 Å². The van der Waals surface area contributed by atoms with Crippen molar-refractivity contribution in [3.05, 3.63) is 12.4 Å². The van der Waals surface area contributed by atoms with Crippen LogP contribution >= 0.6 is 0 Å². The van der Waals surface area contributed by atoms with Gasteiger partial charge in [-0.3, -0.25) is 0 Å². The maximum absolute atomic E-state index is 13.0. The molecule has 2 N–H and O–H groups in total. The van der Waals surface area contributed by atoms with Crippen LogP contribution < -0.4 is 0 Å². The second kappa shape index (κ2) is 11.0. The lowest BCUT2D eigenvalue weighted by Crippen LogP contribution is -2.61. The molecule has 1 atom stereocenters. The minimum absolute atomic E-state index is 0.167. The first-order valence-electron chi connectivity index (χ1n) is 6.73. The molecule has 18 heteroatoms. The van der Waals surface area contributed by atoms with Gasteiger partial charge in [0.1, 0.15) is 12.7 Å². The van der Waals surface area contributed by atoms with Crippen LogP contribution in [-0.2, 0) is 9.47 Å². The number of cyclic esters (lactones) is 2. The predicted molar refractivity (Wildman–Crippen MR) is 68.6 cm³/mol. The Hall–Kier alpha value is -2.56. The van der Waals surface area contributed by atoms with Crippen molar-refractivity contribution in [1.82, 2.24) is 0 Å². The van der Waals surface area contributed by atoms with Gasteiger partial charge < -0.3 is 19.7 Å². The molecule has 0 aromatic rings. The monoisotopic (exact) mass is 478 g/mol. The fraction of sp³-hybridized carbons (Fsp3) is 0.667. The summed E-state index contributed by atoms with van der Waals surface area (Å²) >= 11 is 0. The summed E-state index contributed by atoms with van der Waals surface area (Å²) in [5, 5.41) is 13.9. The molecule has 0 saturated carbocycles. The van der Waals surface area contributed by atoms with Crippen molar-refractivity contribution in [2.45, 2.75) is 42.9 Å². The Morgan fingerprint density at radius 3 is 1.70 bits per heavy atom. The number of hydrogen-bond acceptors (Lipinski definition) is 4. The van der Waals surface area contributed by atoms with E-state index in [2.05, 4.69) is 9.47 Å². The van der Waals surface area contributed by atoms with Crippen LogP contribution in [0.1, 0.15) is 6.42 Å². The van der Waals surface area contributed by atoms with E-state index in [1.54, 1.807) is 0 Å². The van der Waals surface area contributed by atoms with E-state index in [9.17, 15) is 57.5 Å². The predicted octanol–water partition coefficient (Wildman–Crippen LogP) is 5.34. The van der Waals surface area contributed by atoms with E-state index >= 15 is 0 Å². The highest BCUT2D eigenvalue weighted by atomic mass is 19.4. The fourth-order valence-corrected chi connectivity index (χ4v) is 1.34. The van der Waals surface area contributed by atoms with Crippen molar-refractivity contribution >= 4 is 12.3 Å². The lowest BCUT2D eigenvalue weighted by atomic mass is 9.98. The second-order valence-corrected chi connectivity index (χ2v) is 4.79. The number of halogens is 12. The molecule has 1 saturated heterocycles. The van der Waals surface area contributed by atoms with Gasteiger partial charge in [-0.2, -0.15) is 39.5 Å². The Kier molecular flexibility index (Phi) is 10.9. The number of rotatable bonds is 5. The fourth-order valence-electron chi connectivity index (χ4n) is 1.34. The van der Waals surface area contributed by atoms with Gasteiger partial charge in [0, 0.05) is 6.08 Å². The van der Waals surface area contributed by atoms with Gasteiger partial charge in [0.2, 0.25) is 0 Å². The quantitative estimate of drug-likeness (QED) is 0.410. The van der Waals surface area contributed by atoms with E-state index in [-0.39, 0.29) is 12.4 Å². The Morgan fingerprint density at radius 1 is 1.03 bits per heavy atom. The zero-order valence-electron chi connectivity index (χ0n) is 13.8. The average molecular weight is 478 g/mol. The van der Waals surface area contributed by atoms with Gasteiger partial charge in [-0.05, 0) is 0 Å². The average Bonchev–Trinajstić information content (AvgIpc) is 2.90. The van der Waals surface area contributed by atoms with Gasteiger partial charge in [0.05, 0.1) is 12.8 Å². The maximum atomic E-state index is 13.0. The Balaban J connectivity index is 0. The molecule has 1 aliphatic heterocycles. The summed E-state index contributed by atoms with van der Waals surface area (Å²) in [7, 11) is 0. The summed E-state index contributed by atoms with van der Waals surface area (Å²) in [6.07, 6.45) is -17.2. The second-order valence-electron chi connectivity index (χ2n) is 4.79. The number of carbonyl (C=O) groups excluding carboxylic acids is 1. The SMILES string of the molecule is FC=CC(F)F.O=C(O)O.O=C1OCC(CC(F)(F)C(F)(F)C(F)(F)C(F)(F)F)O1. The summed E-state index contributed by atoms with van der Waals surface area (Å²) in [4.78, 5) is 18.9. The van der Waals surface area contributed by atoms with Crippen LogP contribution in [0.5, 0.6) is 0 Å². The topological polar surface area (TPSA) is 93.1 Å². The number of alkyl halides is 11. The molecule has 1 rings (SSSR count). The summed E-state index contributed by atoms with van der Waals surface area (Å²) in [6.45, 7) is -0.956. The third kappa shape index (κ3) is 8.85. The van der Waals surface area contributed by atoms with Crippen molar-refractivity contribution in [3.8, 4) is 0 Å². The molecule has 1 heterocycles. The zero-order chi connectivity index (χ0) is 24.6. The van der Waals surface area contributed by atoms with Crippen LogP contribution in [-0.4, -0.2) is 65.6 Å². The van der Waals surface area contributed by atoms with E-state index in [0.717, 1.165) is 0 Å². The molecule has 0 radical (unpaired) electrons. The van der Waals surface area contributed by atoms with Crippen molar-refractivity contribution < 1.29 is 82.0 Å². The van der Waals surface area contributed by atoms with Crippen LogP contribution in [0.15, 0.2) is 12.4 Å². The normalized spacial score (nSPS) is 17.5. The first kappa shape index (κ1) is 29.6. The highest BCUT2D eigenvalue weighted by Crippen LogP contribution is 2.54. The summed E-state index contributed by atoms with van der Waals surface area (Å²) in [6, 6.07) is 0. The molecule has 1 unspecified atom stereocenters. The first-order chi connectivity index (χ1) is 13.2. The van der Waals surface area contributed by atoms with Gasteiger partial charge >= 0.3 is 36.3 Å². The van der Waals surface area contributed by atoms with E-state index in [1.165, 1.54) is 0 Å². The molecule has 0 aromatic heterocycles. The lowest BCUT2D eigenvalue weighted by Gasteiger charge is -2.34. The Bertz CT molecular complexity index is 585. The molecule has 0 spiro atoms. The molecule has 0 bridgehead atoms. The standard InChI is InChI=1S/C8H5F9O3.C3H3F3.CH2O3/c9-5(10,1-3-2-19-4(18)20-3)6(11,12)7(13,14)8(15,16)17;4-2-1-3(5)6;2-1(3)4/h3H,1-2H2;1-3H;(H2,2,3,4). The van der Waals surface area contributed by atoms with Gasteiger partial charge in [0.25, 0.3) is 6.43 Å². The molecule has 1 aliphatic rings. The molecule has 178 valence electrons.